The van der Waals surface area contributed by atoms with Gasteiger partial charge in [0.15, 0.2) is 0 Å². The first-order valence-electron chi connectivity index (χ1n) is 7.02. The number of hydrogen-bond acceptors (Lipinski definition) is 4. The Labute approximate surface area is 138 Å². The molecule has 1 saturated heterocycles. The average molecular weight is 335 g/mol. The molecule has 0 radical (unpaired) electrons. The largest absolute Gasteiger partial charge is 0.497 e. The van der Waals surface area contributed by atoms with Gasteiger partial charge in [0.05, 0.1) is 25.9 Å². The van der Waals surface area contributed by atoms with E-state index in [1.807, 2.05) is 0 Å². The molecule has 0 saturated carbocycles. The first kappa shape index (κ1) is 15.8. The number of carboxylic acids is 1. The molecule has 1 heterocycles. The van der Waals surface area contributed by atoms with E-state index in [0.717, 1.165) is 0 Å². The van der Waals surface area contributed by atoms with E-state index < -0.39 is 11.8 Å². The van der Waals surface area contributed by atoms with Gasteiger partial charge in [-0.25, -0.2) is 4.79 Å². The lowest BCUT2D eigenvalue weighted by molar-refractivity contribution is -0.130. The molecule has 0 atom stereocenters. The van der Waals surface area contributed by atoms with E-state index in [1.165, 1.54) is 6.07 Å². The van der Waals surface area contributed by atoms with Crippen molar-refractivity contribution >= 4 is 17.6 Å². The SMILES string of the molecule is COc1ccc(C2(c3ccc(Cl)cc3C(=O)O)OCCO2)cc1. The van der Waals surface area contributed by atoms with Gasteiger partial charge in [-0.15, -0.1) is 0 Å². The molecule has 120 valence electrons. The summed E-state index contributed by atoms with van der Waals surface area (Å²) >= 11 is 5.94. The van der Waals surface area contributed by atoms with Crippen molar-refractivity contribution in [1.29, 1.82) is 0 Å². The molecule has 0 aromatic heterocycles. The molecule has 1 aliphatic rings. The van der Waals surface area contributed by atoms with Gasteiger partial charge in [-0.2, -0.15) is 0 Å². The van der Waals surface area contributed by atoms with E-state index in [9.17, 15) is 9.90 Å². The van der Waals surface area contributed by atoms with Crippen LogP contribution in [0.1, 0.15) is 21.5 Å². The number of halogens is 1. The summed E-state index contributed by atoms with van der Waals surface area (Å²) in [6, 6.07) is 11.8. The maximum Gasteiger partial charge on any atom is 0.336 e. The summed E-state index contributed by atoms with van der Waals surface area (Å²) in [4.78, 5) is 11.6. The van der Waals surface area contributed by atoms with Crippen molar-refractivity contribution in [2.75, 3.05) is 20.3 Å². The Morgan fingerprint density at radius 2 is 1.83 bits per heavy atom. The number of carbonyl (C=O) groups is 1. The van der Waals surface area contributed by atoms with Crippen molar-refractivity contribution in [2.45, 2.75) is 5.79 Å². The van der Waals surface area contributed by atoms with E-state index in [-0.39, 0.29) is 5.56 Å². The Morgan fingerprint density at radius 1 is 1.17 bits per heavy atom. The standard InChI is InChI=1S/C17H15ClO5/c1-21-13-5-2-11(3-6-13)17(22-8-9-23-17)15-7-4-12(18)10-14(15)16(19)20/h2-7,10H,8-9H2,1H3,(H,19,20). The highest BCUT2D eigenvalue weighted by Gasteiger charge is 2.43. The summed E-state index contributed by atoms with van der Waals surface area (Å²) in [5.41, 5.74) is 1.16. The molecule has 2 aromatic rings. The maximum atomic E-state index is 11.6. The zero-order chi connectivity index (χ0) is 16.4. The normalized spacial score (nSPS) is 16.3. The predicted octanol–water partition coefficient (Wildman–Crippen LogP) is 3.29. The summed E-state index contributed by atoms with van der Waals surface area (Å²) in [7, 11) is 1.58. The summed E-state index contributed by atoms with van der Waals surface area (Å²) < 4.78 is 16.8. The molecule has 6 heteroatoms. The molecular formula is C17H15ClO5. The number of aromatic carboxylic acids is 1. The summed E-state index contributed by atoms with van der Waals surface area (Å²) in [5, 5.41) is 9.85. The van der Waals surface area contributed by atoms with Crippen LogP contribution in [-0.2, 0) is 15.3 Å². The lowest BCUT2D eigenvalue weighted by Gasteiger charge is -2.29. The second-order valence-electron chi connectivity index (χ2n) is 5.04. The Kier molecular flexibility index (Phi) is 4.26. The zero-order valence-corrected chi connectivity index (χ0v) is 13.2. The molecule has 1 aliphatic heterocycles. The van der Waals surface area contributed by atoms with E-state index in [2.05, 4.69) is 0 Å². The van der Waals surface area contributed by atoms with Gasteiger partial charge in [-0.1, -0.05) is 17.7 Å². The lowest BCUT2D eigenvalue weighted by Crippen LogP contribution is -2.31. The fourth-order valence-electron chi connectivity index (χ4n) is 2.68. The van der Waals surface area contributed by atoms with Gasteiger partial charge in [-0.05, 0) is 36.4 Å². The molecule has 0 spiro atoms. The lowest BCUT2D eigenvalue weighted by atomic mass is 9.93. The van der Waals surface area contributed by atoms with Crippen molar-refractivity contribution in [2.24, 2.45) is 0 Å². The van der Waals surface area contributed by atoms with Crippen molar-refractivity contribution in [3.05, 3.63) is 64.2 Å². The molecule has 0 bridgehead atoms. The molecule has 1 N–H and O–H groups in total. The minimum Gasteiger partial charge on any atom is -0.497 e. The monoisotopic (exact) mass is 334 g/mol. The van der Waals surface area contributed by atoms with Crippen LogP contribution in [0.25, 0.3) is 0 Å². The third-order valence-electron chi connectivity index (χ3n) is 3.73. The van der Waals surface area contributed by atoms with Gasteiger partial charge < -0.3 is 19.3 Å². The molecule has 0 unspecified atom stereocenters. The summed E-state index contributed by atoms with van der Waals surface area (Å²) in [5.74, 6) is -1.66. The van der Waals surface area contributed by atoms with Crippen molar-refractivity contribution < 1.29 is 24.1 Å². The van der Waals surface area contributed by atoms with Crippen LogP contribution < -0.4 is 4.74 Å². The molecule has 3 rings (SSSR count). The number of carboxylic acid groups (broad SMARTS) is 1. The fraction of sp³-hybridized carbons (Fsp3) is 0.235. The Balaban J connectivity index is 2.17. The van der Waals surface area contributed by atoms with Gasteiger partial charge in [0.2, 0.25) is 5.79 Å². The number of rotatable bonds is 4. The van der Waals surface area contributed by atoms with Gasteiger partial charge >= 0.3 is 5.97 Å². The molecule has 0 aliphatic carbocycles. The molecule has 5 nitrogen and oxygen atoms in total. The highest BCUT2D eigenvalue weighted by Crippen LogP contribution is 2.41. The van der Waals surface area contributed by atoms with Crippen LogP contribution in [0.4, 0.5) is 0 Å². The number of methoxy groups -OCH3 is 1. The second kappa shape index (κ2) is 6.20. The van der Waals surface area contributed by atoms with Crippen LogP contribution in [0.15, 0.2) is 42.5 Å². The Bertz CT molecular complexity index is 720. The molecule has 23 heavy (non-hydrogen) atoms. The number of ether oxygens (including phenoxy) is 3. The maximum absolute atomic E-state index is 11.6. The summed E-state index contributed by atoms with van der Waals surface area (Å²) in [6.45, 7) is 0.738. The third kappa shape index (κ3) is 2.79. The predicted molar refractivity (Wildman–Crippen MR) is 84.1 cm³/mol. The zero-order valence-electron chi connectivity index (χ0n) is 12.4. The highest BCUT2D eigenvalue weighted by molar-refractivity contribution is 6.31. The van der Waals surface area contributed by atoms with Gasteiger partial charge in [0.25, 0.3) is 0 Å². The Morgan fingerprint density at radius 3 is 2.39 bits per heavy atom. The van der Waals surface area contributed by atoms with Crippen LogP contribution in [0.3, 0.4) is 0 Å². The topological polar surface area (TPSA) is 65.0 Å². The summed E-state index contributed by atoms with van der Waals surface area (Å²) in [6.07, 6.45) is 0. The van der Waals surface area contributed by atoms with E-state index in [0.29, 0.717) is 35.1 Å². The molecule has 2 aromatic carbocycles. The first-order chi connectivity index (χ1) is 11.1. The van der Waals surface area contributed by atoms with Crippen molar-refractivity contribution in [1.82, 2.24) is 0 Å². The minimum atomic E-state index is -1.26. The van der Waals surface area contributed by atoms with Gasteiger partial charge in [0, 0.05) is 16.1 Å². The molecule has 1 fully saturated rings. The minimum absolute atomic E-state index is 0.0511. The van der Waals surface area contributed by atoms with Crippen LogP contribution in [0.2, 0.25) is 5.02 Å². The number of hydrogen-bond donors (Lipinski definition) is 1. The van der Waals surface area contributed by atoms with Crippen LogP contribution in [-0.4, -0.2) is 31.4 Å². The second-order valence-corrected chi connectivity index (χ2v) is 5.47. The smallest absolute Gasteiger partial charge is 0.336 e. The first-order valence-corrected chi connectivity index (χ1v) is 7.40. The highest BCUT2D eigenvalue weighted by atomic mass is 35.5. The van der Waals surface area contributed by atoms with Crippen molar-refractivity contribution in [3.8, 4) is 5.75 Å². The van der Waals surface area contributed by atoms with Crippen LogP contribution >= 0.6 is 11.6 Å². The molecular weight excluding hydrogens is 320 g/mol. The van der Waals surface area contributed by atoms with Crippen molar-refractivity contribution in [3.63, 3.8) is 0 Å². The quantitative estimate of drug-likeness (QED) is 0.929. The fourth-order valence-corrected chi connectivity index (χ4v) is 2.85. The Hall–Kier alpha value is -2.08. The van der Waals surface area contributed by atoms with Gasteiger partial charge in [-0.3, -0.25) is 0 Å². The van der Waals surface area contributed by atoms with E-state index >= 15 is 0 Å². The van der Waals surface area contributed by atoms with Gasteiger partial charge in [0.1, 0.15) is 5.75 Å². The van der Waals surface area contributed by atoms with Crippen LogP contribution in [0.5, 0.6) is 5.75 Å². The van der Waals surface area contributed by atoms with Crippen LogP contribution in [0, 0.1) is 0 Å². The third-order valence-corrected chi connectivity index (χ3v) is 3.97. The van der Waals surface area contributed by atoms with E-state index in [4.69, 9.17) is 25.8 Å². The number of benzene rings is 2. The average Bonchev–Trinajstić information content (AvgIpc) is 3.05. The van der Waals surface area contributed by atoms with E-state index in [1.54, 1.807) is 43.5 Å². The molecule has 0 amide bonds.